The third-order valence-corrected chi connectivity index (χ3v) is 5.95. The molecule has 0 amide bonds. The molecule has 0 atom stereocenters. The van der Waals surface area contributed by atoms with Crippen LogP contribution in [0.1, 0.15) is 127 Å². The summed E-state index contributed by atoms with van der Waals surface area (Å²) >= 11 is 5.35. The lowest BCUT2D eigenvalue weighted by Gasteiger charge is -2.04. The number of ether oxygens (including phenoxy) is 1. The minimum atomic E-state index is -0.580. The number of esters is 1. The fraction of sp³-hybridized carbons (Fsp3) is 0.840. The van der Waals surface area contributed by atoms with Gasteiger partial charge in [-0.25, -0.2) is 4.79 Å². The maximum absolute atomic E-state index is 11.1. The minimum absolute atomic E-state index is 0.0315. The summed E-state index contributed by atoms with van der Waals surface area (Å²) in [6, 6.07) is -0.0315. The Hall–Kier alpha value is -1.23. The minimum Gasteiger partial charge on any atom is -0.449 e. The van der Waals surface area contributed by atoms with Gasteiger partial charge in [-0.15, -0.1) is 0 Å². The zero-order valence-electron chi connectivity index (χ0n) is 19.6. The molecule has 1 heterocycles. The molecule has 31 heavy (non-hydrogen) atoms. The van der Waals surface area contributed by atoms with Crippen LogP contribution >= 0.6 is 11.6 Å². The Kier molecular flexibility index (Phi) is 17.4. The molecule has 0 radical (unpaired) electrons. The lowest BCUT2D eigenvalue weighted by atomic mass is 10.0. The van der Waals surface area contributed by atoms with Crippen LogP contribution in [-0.4, -0.2) is 12.0 Å². The molecular weight excluding hydrogens is 416 g/mol. The number of halogens is 1. The SMILES string of the molecule is Cc1oc(=O)oc1CCCCCCCCCCCCCCCCCCCC(=O)OCCl. The summed E-state index contributed by atoms with van der Waals surface area (Å²) < 4.78 is 14.6. The van der Waals surface area contributed by atoms with Crippen molar-refractivity contribution in [2.24, 2.45) is 0 Å². The van der Waals surface area contributed by atoms with E-state index in [1.54, 1.807) is 6.92 Å². The van der Waals surface area contributed by atoms with E-state index in [4.69, 9.17) is 25.2 Å². The van der Waals surface area contributed by atoms with Crippen molar-refractivity contribution in [2.45, 2.75) is 129 Å². The molecule has 0 fully saturated rings. The lowest BCUT2D eigenvalue weighted by molar-refractivity contribution is -0.141. The number of unbranched alkanes of at least 4 members (excludes halogenated alkanes) is 16. The van der Waals surface area contributed by atoms with E-state index in [-0.39, 0.29) is 12.0 Å². The first kappa shape index (κ1) is 27.8. The smallest absolute Gasteiger partial charge is 0.449 e. The fourth-order valence-electron chi connectivity index (χ4n) is 3.94. The second-order valence-corrected chi connectivity index (χ2v) is 8.79. The van der Waals surface area contributed by atoms with Crippen molar-refractivity contribution >= 4 is 17.6 Å². The lowest BCUT2D eigenvalue weighted by Crippen LogP contribution is -2.01. The Morgan fingerprint density at radius 1 is 0.710 bits per heavy atom. The topological polar surface area (TPSA) is 69.7 Å². The van der Waals surface area contributed by atoms with Crippen molar-refractivity contribution in [3.8, 4) is 0 Å². The first-order chi connectivity index (χ1) is 15.1. The van der Waals surface area contributed by atoms with E-state index in [9.17, 15) is 9.59 Å². The van der Waals surface area contributed by atoms with Crippen LogP contribution in [0.25, 0.3) is 0 Å². The summed E-state index contributed by atoms with van der Waals surface area (Å²) in [5.74, 6) is 0.587. The zero-order valence-corrected chi connectivity index (χ0v) is 20.3. The van der Waals surface area contributed by atoms with Gasteiger partial charge in [0.05, 0.1) is 0 Å². The highest BCUT2D eigenvalue weighted by Gasteiger charge is 2.07. The maximum Gasteiger partial charge on any atom is 0.519 e. The van der Waals surface area contributed by atoms with Crippen LogP contribution in [-0.2, 0) is 16.0 Å². The summed E-state index contributed by atoms with van der Waals surface area (Å²) in [6.45, 7) is 1.79. The molecule has 0 aliphatic carbocycles. The van der Waals surface area contributed by atoms with Gasteiger partial charge in [0.2, 0.25) is 0 Å². The highest BCUT2D eigenvalue weighted by Crippen LogP contribution is 2.15. The molecular formula is C25H43ClO5. The number of hydrogen-bond acceptors (Lipinski definition) is 5. The summed E-state index contributed by atoms with van der Waals surface area (Å²) in [5.41, 5.74) is 0. The second kappa shape index (κ2) is 19.5. The number of carbonyl (C=O) groups is 1. The van der Waals surface area contributed by atoms with Crippen molar-refractivity contribution in [3.63, 3.8) is 0 Å². The molecule has 1 rings (SSSR count). The number of rotatable bonds is 21. The maximum atomic E-state index is 11.1. The second-order valence-electron chi connectivity index (χ2n) is 8.57. The van der Waals surface area contributed by atoms with Gasteiger partial charge in [-0.2, -0.15) is 0 Å². The standard InChI is InChI=1S/C25H43ClO5/c1-22-23(31-25(28)30-22)19-17-15-13-11-9-7-5-3-2-4-6-8-10-12-14-16-18-20-24(27)29-21-26/h2-21H2,1H3. The normalized spacial score (nSPS) is 11.2. The summed E-state index contributed by atoms with van der Waals surface area (Å²) in [7, 11) is 0. The Bertz CT molecular complexity index is 607. The van der Waals surface area contributed by atoms with E-state index in [2.05, 4.69) is 0 Å². The van der Waals surface area contributed by atoms with Crippen molar-refractivity contribution in [3.05, 3.63) is 22.1 Å². The van der Waals surface area contributed by atoms with Crippen LogP contribution in [0, 0.1) is 6.92 Å². The molecule has 0 aliphatic heterocycles. The Morgan fingerprint density at radius 2 is 1.13 bits per heavy atom. The van der Waals surface area contributed by atoms with Crippen molar-refractivity contribution in [2.75, 3.05) is 6.07 Å². The van der Waals surface area contributed by atoms with Crippen LogP contribution in [0.4, 0.5) is 0 Å². The number of aryl methyl sites for hydroxylation is 2. The van der Waals surface area contributed by atoms with Gasteiger partial charge in [-0.05, 0) is 19.8 Å². The summed E-state index contributed by atoms with van der Waals surface area (Å²) in [4.78, 5) is 22.1. The average Bonchev–Trinajstić information content (AvgIpc) is 3.06. The third kappa shape index (κ3) is 16.1. The molecule has 6 heteroatoms. The fourth-order valence-corrected chi connectivity index (χ4v) is 4.06. The van der Waals surface area contributed by atoms with Gasteiger partial charge >= 0.3 is 11.8 Å². The predicted molar refractivity (Wildman–Crippen MR) is 126 cm³/mol. The quantitative estimate of drug-likeness (QED) is 0.106. The molecule has 0 aromatic carbocycles. The first-order valence-corrected chi connectivity index (χ1v) is 13.0. The van der Waals surface area contributed by atoms with Crippen LogP contribution < -0.4 is 5.82 Å². The monoisotopic (exact) mass is 458 g/mol. The third-order valence-electron chi connectivity index (χ3n) is 5.84. The van der Waals surface area contributed by atoms with E-state index in [1.165, 1.54) is 89.9 Å². The Morgan fingerprint density at radius 3 is 1.52 bits per heavy atom. The molecule has 0 bridgehead atoms. The van der Waals surface area contributed by atoms with E-state index >= 15 is 0 Å². The molecule has 0 unspecified atom stereocenters. The van der Waals surface area contributed by atoms with E-state index < -0.39 is 5.82 Å². The number of hydrogen-bond donors (Lipinski definition) is 0. The van der Waals surface area contributed by atoms with Crippen LogP contribution in [0.15, 0.2) is 13.6 Å². The summed E-state index contributed by atoms with van der Waals surface area (Å²) in [6.07, 6.45) is 22.8. The predicted octanol–water partition coefficient (Wildman–Crippen LogP) is 7.85. The molecule has 0 spiro atoms. The Balaban J connectivity index is 1.72. The largest absolute Gasteiger partial charge is 0.519 e. The summed E-state index contributed by atoms with van der Waals surface area (Å²) in [5, 5.41) is 0. The van der Waals surface area contributed by atoms with Gasteiger partial charge in [0.25, 0.3) is 0 Å². The molecule has 180 valence electrons. The first-order valence-electron chi connectivity index (χ1n) is 12.4. The van der Waals surface area contributed by atoms with Crippen molar-refractivity contribution in [1.29, 1.82) is 0 Å². The molecule has 0 N–H and O–H groups in total. The van der Waals surface area contributed by atoms with Crippen LogP contribution in [0.3, 0.4) is 0 Å². The van der Waals surface area contributed by atoms with Gasteiger partial charge in [-0.1, -0.05) is 108 Å². The van der Waals surface area contributed by atoms with Gasteiger partial charge in [0.1, 0.15) is 11.5 Å². The van der Waals surface area contributed by atoms with E-state index in [0.29, 0.717) is 17.9 Å². The molecule has 1 aromatic rings. The molecule has 0 aliphatic rings. The Labute approximate surface area is 193 Å². The van der Waals surface area contributed by atoms with E-state index in [0.717, 1.165) is 25.7 Å². The molecule has 1 aromatic heterocycles. The highest BCUT2D eigenvalue weighted by molar-refractivity contribution is 6.17. The van der Waals surface area contributed by atoms with Crippen molar-refractivity contribution < 1.29 is 18.4 Å². The van der Waals surface area contributed by atoms with Crippen molar-refractivity contribution in [1.82, 2.24) is 0 Å². The van der Waals surface area contributed by atoms with Crippen LogP contribution in [0.5, 0.6) is 0 Å². The van der Waals surface area contributed by atoms with Gasteiger partial charge in [-0.3, -0.25) is 4.79 Å². The molecule has 0 saturated heterocycles. The molecule has 5 nitrogen and oxygen atoms in total. The van der Waals surface area contributed by atoms with Gasteiger partial charge < -0.3 is 13.6 Å². The van der Waals surface area contributed by atoms with Gasteiger partial charge in [0.15, 0.2) is 6.07 Å². The highest BCUT2D eigenvalue weighted by atomic mass is 35.5. The van der Waals surface area contributed by atoms with E-state index in [1.807, 2.05) is 0 Å². The van der Waals surface area contributed by atoms with Crippen LogP contribution in [0.2, 0.25) is 0 Å². The number of alkyl halides is 1. The molecule has 0 saturated carbocycles. The average molecular weight is 459 g/mol. The number of carbonyl (C=O) groups excluding carboxylic acids is 1. The zero-order chi connectivity index (χ0) is 22.6. The van der Waals surface area contributed by atoms with Gasteiger partial charge in [0, 0.05) is 12.8 Å².